The summed E-state index contributed by atoms with van der Waals surface area (Å²) < 4.78 is 6.00. The lowest BCUT2D eigenvalue weighted by Crippen LogP contribution is -2.10. The van der Waals surface area contributed by atoms with Crippen LogP contribution < -0.4 is 0 Å². The van der Waals surface area contributed by atoms with Gasteiger partial charge in [0.1, 0.15) is 0 Å². The maximum absolute atomic E-state index is 11.6. The molecule has 0 aliphatic carbocycles. The quantitative estimate of drug-likeness (QED) is 0.781. The molecule has 18 heavy (non-hydrogen) atoms. The van der Waals surface area contributed by atoms with Crippen molar-refractivity contribution >= 4 is 17.7 Å². The third-order valence-corrected chi connectivity index (χ3v) is 2.21. The summed E-state index contributed by atoms with van der Waals surface area (Å²) >= 11 is 0. The van der Waals surface area contributed by atoms with Crippen LogP contribution in [0.2, 0.25) is 0 Å². The molecule has 0 fully saturated rings. The topological polar surface area (TPSA) is 107 Å². The molecule has 0 aliphatic heterocycles. The number of carbonyl (C=O) groups is 2. The highest BCUT2D eigenvalue weighted by molar-refractivity contribution is 5.90. The van der Waals surface area contributed by atoms with Crippen LogP contribution >= 0.6 is 0 Å². The van der Waals surface area contributed by atoms with Gasteiger partial charge >= 0.3 is 11.9 Å². The summed E-state index contributed by atoms with van der Waals surface area (Å²) in [4.78, 5) is 30.0. The zero-order chi connectivity index (χ0) is 13.3. The SMILES string of the molecule is CCOC(=O)c1cn2nc(C(=O)O)nc2nc1C. The van der Waals surface area contributed by atoms with E-state index in [1.165, 1.54) is 6.20 Å². The lowest BCUT2D eigenvalue weighted by atomic mass is 10.2. The van der Waals surface area contributed by atoms with E-state index >= 15 is 0 Å². The van der Waals surface area contributed by atoms with Crippen LogP contribution in [0.15, 0.2) is 6.20 Å². The number of aromatic carboxylic acids is 1. The Balaban J connectivity index is 2.53. The average molecular weight is 250 g/mol. The number of ether oxygens (including phenoxy) is 1. The summed E-state index contributed by atoms with van der Waals surface area (Å²) in [6, 6.07) is 0. The number of hydrogen-bond donors (Lipinski definition) is 1. The highest BCUT2D eigenvalue weighted by atomic mass is 16.5. The number of hydrogen-bond acceptors (Lipinski definition) is 6. The van der Waals surface area contributed by atoms with Gasteiger partial charge in [-0.1, -0.05) is 0 Å². The Labute approximate surface area is 101 Å². The molecule has 2 aromatic rings. The third-order valence-electron chi connectivity index (χ3n) is 2.21. The number of fused-ring (bicyclic) bond motifs is 1. The van der Waals surface area contributed by atoms with Gasteiger partial charge in [0.2, 0.25) is 0 Å². The number of aromatic nitrogens is 4. The number of carboxylic acids is 1. The lowest BCUT2D eigenvalue weighted by molar-refractivity contribution is 0.0523. The Kier molecular flexibility index (Phi) is 2.92. The number of nitrogens with zero attached hydrogens (tertiary/aromatic N) is 4. The standard InChI is InChI=1S/C10H10N4O4/c1-3-18-9(17)6-4-14-10(11-5(6)2)12-7(13-14)8(15)16/h4H,3H2,1-2H3,(H,15,16). The van der Waals surface area contributed by atoms with Crippen LogP contribution in [0.3, 0.4) is 0 Å². The second kappa shape index (κ2) is 4.40. The van der Waals surface area contributed by atoms with Crippen molar-refractivity contribution in [1.82, 2.24) is 19.6 Å². The van der Waals surface area contributed by atoms with Crippen molar-refractivity contribution in [3.05, 3.63) is 23.3 Å². The molecule has 0 atom stereocenters. The minimum atomic E-state index is -1.25. The van der Waals surface area contributed by atoms with Gasteiger partial charge in [0, 0.05) is 6.20 Å². The number of carboxylic acid groups (broad SMARTS) is 1. The maximum atomic E-state index is 11.6. The first-order valence-electron chi connectivity index (χ1n) is 5.17. The Hall–Kier alpha value is -2.51. The molecule has 2 heterocycles. The van der Waals surface area contributed by atoms with E-state index in [0.29, 0.717) is 5.69 Å². The molecule has 0 amide bonds. The Morgan fingerprint density at radius 3 is 2.78 bits per heavy atom. The molecule has 2 rings (SSSR count). The first-order chi connectivity index (χ1) is 8.52. The van der Waals surface area contributed by atoms with Crippen molar-refractivity contribution in [3.8, 4) is 0 Å². The number of carbonyl (C=O) groups excluding carboxylic acids is 1. The summed E-state index contributed by atoms with van der Waals surface area (Å²) in [5.41, 5.74) is 0.636. The second-order valence-corrected chi connectivity index (χ2v) is 3.45. The van der Waals surface area contributed by atoms with Crippen LogP contribution in [-0.2, 0) is 4.74 Å². The van der Waals surface area contributed by atoms with Crippen LogP contribution in [0.4, 0.5) is 0 Å². The van der Waals surface area contributed by atoms with Gasteiger partial charge in [-0.2, -0.15) is 4.98 Å². The summed E-state index contributed by atoms with van der Waals surface area (Å²) in [6.45, 7) is 3.55. The molecule has 0 spiro atoms. The minimum Gasteiger partial charge on any atom is -0.475 e. The summed E-state index contributed by atoms with van der Waals surface area (Å²) in [5, 5.41) is 12.5. The monoisotopic (exact) mass is 250 g/mol. The van der Waals surface area contributed by atoms with E-state index < -0.39 is 11.9 Å². The molecular formula is C10H10N4O4. The van der Waals surface area contributed by atoms with E-state index in [1.54, 1.807) is 13.8 Å². The Bertz CT molecular complexity index is 634. The van der Waals surface area contributed by atoms with Gasteiger partial charge in [-0.3, -0.25) is 0 Å². The van der Waals surface area contributed by atoms with Gasteiger partial charge in [-0.15, -0.1) is 5.10 Å². The van der Waals surface area contributed by atoms with Crippen molar-refractivity contribution in [2.24, 2.45) is 0 Å². The largest absolute Gasteiger partial charge is 0.475 e. The van der Waals surface area contributed by atoms with E-state index in [-0.39, 0.29) is 23.8 Å². The molecule has 8 nitrogen and oxygen atoms in total. The lowest BCUT2D eigenvalue weighted by Gasteiger charge is -2.04. The molecule has 0 saturated heterocycles. The molecular weight excluding hydrogens is 240 g/mol. The number of aryl methyl sites for hydroxylation is 1. The highest BCUT2D eigenvalue weighted by Crippen LogP contribution is 2.09. The first kappa shape index (κ1) is 12.0. The van der Waals surface area contributed by atoms with Crippen molar-refractivity contribution in [1.29, 1.82) is 0 Å². The van der Waals surface area contributed by atoms with Gasteiger partial charge in [0.05, 0.1) is 17.9 Å². The van der Waals surface area contributed by atoms with Crippen LogP contribution in [0, 0.1) is 6.92 Å². The molecule has 0 bridgehead atoms. The van der Waals surface area contributed by atoms with Gasteiger partial charge in [-0.25, -0.2) is 19.1 Å². The van der Waals surface area contributed by atoms with Gasteiger partial charge < -0.3 is 9.84 Å². The van der Waals surface area contributed by atoms with Crippen LogP contribution in [0.1, 0.15) is 33.6 Å². The fourth-order valence-corrected chi connectivity index (χ4v) is 1.40. The second-order valence-electron chi connectivity index (χ2n) is 3.45. The van der Waals surface area contributed by atoms with Crippen molar-refractivity contribution in [3.63, 3.8) is 0 Å². The Morgan fingerprint density at radius 1 is 1.44 bits per heavy atom. The van der Waals surface area contributed by atoms with E-state index in [1.807, 2.05) is 0 Å². The van der Waals surface area contributed by atoms with E-state index in [4.69, 9.17) is 9.84 Å². The molecule has 0 saturated carbocycles. The zero-order valence-electron chi connectivity index (χ0n) is 9.75. The summed E-state index contributed by atoms with van der Waals surface area (Å²) in [6.07, 6.45) is 1.36. The van der Waals surface area contributed by atoms with Crippen molar-refractivity contribution in [2.75, 3.05) is 6.61 Å². The summed E-state index contributed by atoms with van der Waals surface area (Å²) in [7, 11) is 0. The molecule has 8 heteroatoms. The van der Waals surface area contributed by atoms with Crippen LogP contribution in [-0.4, -0.2) is 43.2 Å². The first-order valence-corrected chi connectivity index (χ1v) is 5.17. The molecule has 94 valence electrons. The zero-order valence-corrected chi connectivity index (χ0v) is 9.75. The predicted octanol–water partition coefficient (Wildman–Crippen LogP) is 0.308. The average Bonchev–Trinajstić information content (AvgIpc) is 2.71. The molecule has 1 N–H and O–H groups in total. The fraction of sp³-hybridized carbons (Fsp3) is 0.300. The smallest absolute Gasteiger partial charge is 0.375 e. The van der Waals surface area contributed by atoms with Crippen LogP contribution in [0.5, 0.6) is 0 Å². The molecule has 0 radical (unpaired) electrons. The number of esters is 1. The maximum Gasteiger partial charge on any atom is 0.375 e. The van der Waals surface area contributed by atoms with Gasteiger partial charge in [0.15, 0.2) is 0 Å². The highest BCUT2D eigenvalue weighted by Gasteiger charge is 2.17. The summed E-state index contributed by atoms with van der Waals surface area (Å²) in [5.74, 6) is -2.03. The molecule has 0 aliphatic rings. The normalized spacial score (nSPS) is 10.6. The number of rotatable bonds is 3. The van der Waals surface area contributed by atoms with Gasteiger partial charge in [0.25, 0.3) is 11.6 Å². The molecule has 0 aromatic carbocycles. The fourth-order valence-electron chi connectivity index (χ4n) is 1.40. The van der Waals surface area contributed by atoms with Crippen molar-refractivity contribution < 1.29 is 19.4 Å². The molecule has 2 aromatic heterocycles. The van der Waals surface area contributed by atoms with Crippen LogP contribution in [0.25, 0.3) is 5.78 Å². The van der Waals surface area contributed by atoms with E-state index in [0.717, 1.165) is 4.52 Å². The van der Waals surface area contributed by atoms with E-state index in [9.17, 15) is 9.59 Å². The Morgan fingerprint density at radius 2 is 2.17 bits per heavy atom. The van der Waals surface area contributed by atoms with Crippen molar-refractivity contribution in [2.45, 2.75) is 13.8 Å². The van der Waals surface area contributed by atoms with E-state index in [2.05, 4.69) is 15.1 Å². The molecule has 0 unspecified atom stereocenters. The van der Waals surface area contributed by atoms with Gasteiger partial charge in [-0.05, 0) is 13.8 Å². The predicted molar refractivity (Wildman–Crippen MR) is 58.4 cm³/mol. The third kappa shape index (κ3) is 1.99. The minimum absolute atomic E-state index is 0.123.